The molecule has 1 aromatic carbocycles. The third-order valence-electron chi connectivity index (χ3n) is 2.16. The molecule has 0 unspecified atom stereocenters. The summed E-state index contributed by atoms with van der Waals surface area (Å²) in [6.07, 6.45) is 2.82. The molecular formula is C12H15NO. The van der Waals surface area contributed by atoms with Crippen LogP contribution in [0.5, 0.6) is 0 Å². The van der Waals surface area contributed by atoms with Gasteiger partial charge in [0.15, 0.2) is 0 Å². The highest BCUT2D eigenvalue weighted by Crippen LogP contribution is 2.09. The van der Waals surface area contributed by atoms with Crippen LogP contribution in [0.15, 0.2) is 29.8 Å². The number of amides is 1. The topological polar surface area (TPSA) is 43.1 Å². The highest BCUT2D eigenvalue weighted by atomic mass is 16.1. The van der Waals surface area contributed by atoms with Crippen LogP contribution in [-0.2, 0) is 11.2 Å². The second-order valence-corrected chi connectivity index (χ2v) is 3.29. The molecule has 0 atom stereocenters. The summed E-state index contributed by atoms with van der Waals surface area (Å²) in [4.78, 5) is 10.8. The van der Waals surface area contributed by atoms with Crippen LogP contribution in [0.2, 0.25) is 0 Å². The first-order chi connectivity index (χ1) is 6.63. The van der Waals surface area contributed by atoms with Gasteiger partial charge in [-0.05, 0) is 30.5 Å². The summed E-state index contributed by atoms with van der Waals surface area (Å²) in [5.74, 6) is -0.371. The molecule has 0 aromatic heterocycles. The van der Waals surface area contributed by atoms with Crippen molar-refractivity contribution in [1.82, 2.24) is 0 Å². The number of hydrogen-bond donors (Lipinski definition) is 1. The summed E-state index contributed by atoms with van der Waals surface area (Å²) in [5, 5.41) is 0. The number of carbonyl (C=O) groups is 1. The van der Waals surface area contributed by atoms with Crippen LogP contribution in [0, 0.1) is 0 Å². The first-order valence-electron chi connectivity index (χ1n) is 4.70. The van der Waals surface area contributed by atoms with Gasteiger partial charge in [-0.1, -0.05) is 31.2 Å². The Labute approximate surface area is 84.4 Å². The zero-order valence-corrected chi connectivity index (χ0v) is 8.58. The number of hydrogen-bond acceptors (Lipinski definition) is 1. The van der Waals surface area contributed by atoms with E-state index in [1.807, 2.05) is 12.1 Å². The Morgan fingerprint density at radius 3 is 2.36 bits per heavy atom. The second-order valence-electron chi connectivity index (χ2n) is 3.29. The molecule has 0 fully saturated rings. The number of benzene rings is 1. The molecule has 1 aromatic rings. The lowest BCUT2D eigenvalue weighted by atomic mass is 10.1. The molecule has 0 spiro atoms. The van der Waals surface area contributed by atoms with Crippen LogP contribution in [0.1, 0.15) is 25.0 Å². The van der Waals surface area contributed by atoms with Crippen molar-refractivity contribution in [3.8, 4) is 0 Å². The molecule has 0 aliphatic heterocycles. The minimum atomic E-state index is -0.371. The smallest absolute Gasteiger partial charge is 0.244 e. The predicted octanol–water partition coefficient (Wildman–Crippen LogP) is 2.14. The minimum Gasteiger partial charge on any atom is -0.366 e. The van der Waals surface area contributed by atoms with E-state index in [2.05, 4.69) is 19.1 Å². The molecular weight excluding hydrogens is 174 g/mol. The van der Waals surface area contributed by atoms with Gasteiger partial charge < -0.3 is 5.73 Å². The quantitative estimate of drug-likeness (QED) is 0.727. The summed E-state index contributed by atoms with van der Waals surface area (Å²) in [7, 11) is 0. The van der Waals surface area contributed by atoms with E-state index in [4.69, 9.17) is 5.73 Å². The summed E-state index contributed by atoms with van der Waals surface area (Å²) in [5.41, 5.74) is 8.01. The Bertz CT molecular complexity index is 349. The fourth-order valence-corrected chi connectivity index (χ4v) is 1.17. The molecule has 0 heterocycles. The maximum absolute atomic E-state index is 10.8. The number of nitrogens with two attached hydrogens (primary N) is 1. The third-order valence-corrected chi connectivity index (χ3v) is 2.16. The molecule has 0 saturated carbocycles. The van der Waals surface area contributed by atoms with Gasteiger partial charge in [0.25, 0.3) is 0 Å². The van der Waals surface area contributed by atoms with Crippen LogP contribution < -0.4 is 5.73 Å². The molecule has 2 nitrogen and oxygen atoms in total. The second kappa shape index (κ2) is 4.61. The molecule has 2 heteroatoms. The molecule has 0 saturated heterocycles. The minimum absolute atomic E-state index is 0.371. The lowest BCUT2D eigenvalue weighted by molar-refractivity contribution is -0.114. The fraction of sp³-hybridized carbons (Fsp3) is 0.250. The Morgan fingerprint density at radius 1 is 1.36 bits per heavy atom. The van der Waals surface area contributed by atoms with Crippen molar-refractivity contribution in [3.05, 3.63) is 41.0 Å². The van der Waals surface area contributed by atoms with E-state index in [9.17, 15) is 4.79 Å². The van der Waals surface area contributed by atoms with Crippen molar-refractivity contribution < 1.29 is 4.79 Å². The van der Waals surface area contributed by atoms with Gasteiger partial charge in [0, 0.05) is 5.57 Å². The van der Waals surface area contributed by atoms with E-state index >= 15 is 0 Å². The van der Waals surface area contributed by atoms with E-state index in [1.165, 1.54) is 5.56 Å². The third kappa shape index (κ3) is 2.73. The van der Waals surface area contributed by atoms with E-state index in [-0.39, 0.29) is 5.91 Å². The molecule has 74 valence electrons. The molecule has 0 radical (unpaired) electrons. The zero-order chi connectivity index (χ0) is 10.6. The van der Waals surface area contributed by atoms with Gasteiger partial charge in [0.1, 0.15) is 0 Å². The normalized spacial score (nSPS) is 11.4. The van der Waals surface area contributed by atoms with Crippen molar-refractivity contribution in [2.75, 3.05) is 0 Å². The van der Waals surface area contributed by atoms with Gasteiger partial charge in [-0.15, -0.1) is 0 Å². The van der Waals surface area contributed by atoms with Gasteiger partial charge in [-0.2, -0.15) is 0 Å². The van der Waals surface area contributed by atoms with Gasteiger partial charge in [-0.3, -0.25) is 4.79 Å². The molecule has 0 aliphatic carbocycles. The van der Waals surface area contributed by atoms with Crippen molar-refractivity contribution in [2.45, 2.75) is 20.3 Å². The van der Waals surface area contributed by atoms with E-state index in [1.54, 1.807) is 13.0 Å². The summed E-state index contributed by atoms with van der Waals surface area (Å²) in [6, 6.07) is 8.09. The highest BCUT2D eigenvalue weighted by molar-refractivity contribution is 5.95. The molecule has 0 aliphatic rings. The Morgan fingerprint density at radius 2 is 1.93 bits per heavy atom. The number of carbonyl (C=O) groups excluding carboxylic acids is 1. The monoisotopic (exact) mass is 189 g/mol. The summed E-state index contributed by atoms with van der Waals surface area (Å²) in [6.45, 7) is 3.83. The van der Waals surface area contributed by atoms with Crippen LogP contribution >= 0.6 is 0 Å². The molecule has 1 rings (SSSR count). The number of rotatable bonds is 3. The van der Waals surface area contributed by atoms with Gasteiger partial charge >= 0.3 is 0 Å². The van der Waals surface area contributed by atoms with Crippen LogP contribution in [0.4, 0.5) is 0 Å². The Balaban J connectivity index is 2.88. The van der Waals surface area contributed by atoms with E-state index < -0.39 is 0 Å². The zero-order valence-electron chi connectivity index (χ0n) is 8.58. The largest absolute Gasteiger partial charge is 0.366 e. The first kappa shape index (κ1) is 10.5. The lowest BCUT2D eigenvalue weighted by Gasteiger charge is -1.98. The van der Waals surface area contributed by atoms with Crippen molar-refractivity contribution in [1.29, 1.82) is 0 Å². The number of primary amides is 1. The lowest BCUT2D eigenvalue weighted by Crippen LogP contribution is -2.11. The SMILES string of the molecule is CCc1ccc(/C=C(\C)C(N)=O)cc1. The molecule has 14 heavy (non-hydrogen) atoms. The first-order valence-corrected chi connectivity index (χ1v) is 4.70. The maximum atomic E-state index is 10.8. The van der Waals surface area contributed by atoms with E-state index in [0.29, 0.717) is 5.57 Å². The average Bonchev–Trinajstić information content (AvgIpc) is 2.19. The van der Waals surface area contributed by atoms with Crippen LogP contribution in [0.25, 0.3) is 6.08 Å². The number of aryl methyl sites for hydroxylation is 1. The van der Waals surface area contributed by atoms with Gasteiger partial charge in [0.2, 0.25) is 5.91 Å². The Hall–Kier alpha value is -1.57. The van der Waals surface area contributed by atoms with Crippen molar-refractivity contribution >= 4 is 12.0 Å². The summed E-state index contributed by atoms with van der Waals surface area (Å²) < 4.78 is 0. The van der Waals surface area contributed by atoms with E-state index in [0.717, 1.165) is 12.0 Å². The highest BCUT2D eigenvalue weighted by Gasteiger charge is 1.97. The maximum Gasteiger partial charge on any atom is 0.244 e. The van der Waals surface area contributed by atoms with Gasteiger partial charge in [-0.25, -0.2) is 0 Å². The van der Waals surface area contributed by atoms with Crippen LogP contribution in [0.3, 0.4) is 0 Å². The van der Waals surface area contributed by atoms with Crippen molar-refractivity contribution in [2.24, 2.45) is 5.73 Å². The molecule has 2 N–H and O–H groups in total. The average molecular weight is 189 g/mol. The standard InChI is InChI=1S/C12H15NO/c1-3-10-4-6-11(7-5-10)8-9(2)12(13)14/h4-8H,3H2,1-2H3,(H2,13,14)/b9-8+. The summed E-state index contributed by atoms with van der Waals surface area (Å²) >= 11 is 0. The molecule has 1 amide bonds. The fourth-order valence-electron chi connectivity index (χ4n) is 1.17. The van der Waals surface area contributed by atoms with Crippen molar-refractivity contribution in [3.63, 3.8) is 0 Å². The van der Waals surface area contributed by atoms with Gasteiger partial charge in [0.05, 0.1) is 0 Å². The predicted molar refractivity (Wildman–Crippen MR) is 58.7 cm³/mol. The van der Waals surface area contributed by atoms with Crippen LogP contribution in [-0.4, -0.2) is 5.91 Å². The Kier molecular flexibility index (Phi) is 3.46. The molecule has 0 bridgehead atoms.